The Balaban J connectivity index is 1.71. The number of piperazine rings is 1. The number of hydrogen-bond donors (Lipinski definition) is 2. The van der Waals surface area contributed by atoms with Gasteiger partial charge in [0.25, 0.3) is 0 Å². The van der Waals surface area contributed by atoms with E-state index in [2.05, 4.69) is 22.6 Å². The van der Waals surface area contributed by atoms with Gasteiger partial charge in [-0.2, -0.15) is 0 Å². The maximum absolute atomic E-state index is 13.4. The molecule has 5 heteroatoms. The molecule has 1 atom stereocenters. The first-order valence-corrected chi connectivity index (χ1v) is 6.72. The second kappa shape index (κ2) is 6.93. The molecule has 1 aliphatic rings. The van der Waals surface area contributed by atoms with Crippen LogP contribution in [0.15, 0.2) is 18.2 Å². The van der Waals surface area contributed by atoms with E-state index in [4.69, 9.17) is 0 Å². The van der Waals surface area contributed by atoms with E-state index in [0.717, 1.165) is 32.2 Å². The van der Waals surface area contributed by atoms with Crippen LogP contribution < -0.4 is 10.6 Å². The molecule has 3 nitrogen and oxygen atoms in total. The molecule has 1 aromatic rings. The van der Waals surface area contributed by atoms with E-state index in [1.54, 1.807) is 0 Å². The van der Waals surface area contributed by atoms with Crippen molar-refractivity contribution in [1.29, 1.82) is 0 Å². The Kier molecular flexibility index (Phi) is 5.24. The number of nitrogens with one attached hydrogen (secondary N) is 2. The molecule has 19 heavy (non-hydrogen) atoms. The van der Waals surface area contributed by atoms with E-state index in [-0.39, 0.29) is 0 Å². The molecule has 0 saturated carbocycles. The van der Waals surface area contributed by atoms with Gasteiger partial charge < -0.3 is 10.6 Å². The monoisotopic (exact) mass is 269 g/mol. The van der Waals surface area contributed by atoms with Crippen LogP contribution in [0.3, 0.4) is 0 Å². The Bertz CT molecular complexity index is 412. The fourth-order valence-corrected chi connectivity index (χ4v) is 2.31. The number of halogens is 2. The van der Waals surface area contributed by atoms with E-state index < -0.39 is 11.6 Å². The zero-order chi connectivity index (χ0) is 13.7. The van der Waals surface area contributed by atoms with Gasteiger partial charge in [0.1, 0.15) is 11.6 Å². The maximum atomic E-state index is 13.4. The van der Waals surface area contributed by atoms with Crippen LogP contribution in [0.2, 0.25) is 0 Å². The molecule has 0 spiro atoms. The van der Waals surface area contributed by atoms with Gasteiger partial charge in [0.05, 0.1) is 0 Å². The molecule has 2 N–H and O–H groups in total. The van der Waals surface area contributed by atoms with Crippen molar-refractivity contribution < 1.29 is 8.78 Å². The van der Waals surface area contributed by atoms with Gasteiger partial charge in [-0.25, -0.2) is 8.78 Å². The van der Waals surface area contributed by atoms with E-state index in [1.165, 1.54) is 12.1 Å². The van der Waals surface area contributed by atoms with Crippen molar-refractivity contribution >= 4 is 0 Å². The molecule has 1 heterocycles. The average Bonchev–Trinajstić information content (AvgIpc) is 2.38. The minimum absolute atomic E-state index is 0.460. The van der Waals surface area contributed by atoms with Crippen LogP contribution in [-0.2, 0) is 6.42 Å². The summed E-state index contributed by atoms with van der Waals surface area (Å²) in [5.41, 5.74) is 0.559. The molecule has 1 unspecified atom stereocenters. The highest BCUT2D eigenvalue weighted by molar-refractivity contribution is 5.18. The van der Waals surface area contributed by atoms with Crippen LogP contribution in [0.1, 0.15) is 5.56 Å². The fraction of sp³-hybridized carbons (Fsp3) is 0.571. The SMILES string of the molecule is CN1CCNCC1CNCCc1ccc(F)cc1F. The van der Waals surface area contributed by atoms with Crippen molar-refractivity contribution in [2.75, 3.05) is 39.8 Å². The summed E-state index contributed by atoms with van der Waals surface area (Å²) >= 11 is 0. The molecule has 0 aromatic heterocycles. The Morgan fingerprint density at radius 3 is 3.00 bits per heavy atom. The van der Waals surface area contributed by atoms with Crippen LogP contribution in [-0.4, -0.2) is 50.7 Å². The molecule has 1 aliphatic heterocycles. The molecule has 106 valence electrons. The molecular weight excluding hydrogens is 248 g/mol. The van der Waals surface area contributed by atoms with Crippen LogP contribution in [0.4, 0.5) is 8.78 Å². The number of rotatable bonds is 5. The minimum Gasteiger partial charge on any atom is -0.315 e. The lowest BCUT2D eigenvalue weighted by molar-refractivity contribution is 0.196. The number of nitrogens with zero attached hydrogens (tertiary/aromatic N) is 1. The van der Waals surface area contributed by atoms with Crippen molar-refractivity contribution in [2.45, 2.75) is 12.5 Å². The summed E-state index contributed by atoms with van der Waals surface area (Å²) in [6.45, 7) is 4.65. The van der Waals surface area contributed by atoms with E-state index in [9.17, 15) is 8.78 Å². The maximum Gasteiger partial charge on any atom is 0.129 e. The van der Waals surface area contributed by atoms with Crippen molar-refractivity contribution in [3.8, 4) is 0 Å². The zero-order valence-electron chi connectivity index (χ0n) is 11.3. The minimum atomic E-state index is -0.524. The second-order valence-corrected chi connectivity index (χ2v) is 5.03. The van der Waals surface area contributed by atoms with Gasteiger partial charge in [-0.05, 0) is 31.6 Å². The molecule has 1 saturated heterocycles. The smallest absolute Gasteiger partial charge is 0.129 e. The summed E-state index contributed by atoms with van der Waals surface area (Å²) in [7, 11) is 2.12. The highest BCUT2D eigenvalue weighted by Crippen LogP contribution is 2.09. The summed E-state index contributed by atoms with van der Waals surface area (Å²) in [5.74, 6) is -0.984. The number of likely N-dealkylation sites (N-methyl/N-ethyl adjacent to an activating group) is 1. The van der Waals surface area contributed by atoms with E-state index >= 15 is 0 Å². The zero-order valence-corrected chi connectivity index (χ0v) is 11.3. The standard InChI is InChI=1S/C14H21F2N3/c1-19-7-6-18-10-13(19)9-17-5-4-11-2-3-12(15)8-14(11)16/h2-3,8,13,17-18H,4-7,9-10H2,1H3. The molecule has 1 fully saturated rings. The predicted octanol–water partition coefficient (Wildman–Crippen LogP) is 1.00. The molecule has 2 rings (SSSR count). The Morgan fingerprint density at radius 1 is 1.42 bits per heavy atom. The second-order valence-electron chi connectivity index (χ2n) is 5.03. The van der Waals surface area contributed by atoms with Crippen LogP contribution in [0.5, 0.6) is 0 Å². The summed E-state index contributed by atoms with van der Waals surface area (Å²) in [6.07, 6.45) is 0.579. The van der Waals surface area contributed by atoms with E-state index in [0.29, 0.717) is 24.6 Å². The Labute approximate surface area is 113 Å². The van der Waals surface area contributed by atoms with Crippen LogP contribution in [0.25, 0.3) is 0 Å². The first kappa shape index (κ1) is 14.4. The Hall–Kier alpha value is -1.04. The molecule has 0 bridgehead atoms. The predicted molar refractivity (Wildman–Crippen MR) is 72.2 cm³/mol. The highest BCUT2D eigenvalue weighted by Gasteiger charge is 2.17. The van der Waals surface area contributed by atoms with Crippen molar-refractivity contribution in [3.63, 3.8) is 0 Å². The van der Waals surface area contributed by atoms with Crippen molar-refractivity contribution in [2.24, 2.45) is 0 Å². The first-order chi connectivity index (χ1) is 9.16. The molecule has 0 radical (unpaired) electrons. The van der Waals surface area contributed by atoms with Crippen molar-refractivity contribution in [3.05, 3.63) is 35.4 Å². The Morgan fingerprint density at radius 2 is 2.26 bits per heavy atom. The quantitative estimate of drug-likeness (QED) is 0.781. The van der Waals surface area contributed by atoms with Gasteiger partial charge in [-0.15, -0.1) is 0 Å². The summed E-state index contributed by atoms with van der Waals surface area (Å²) < 4.78 is 26.2. The number of hydrogen-bond acceptors (Lipinski definition) is 3. The van der Waals surface area contributed by atoms with Gasteiger partial charge >= 0.3 is 0 Å². The third kappa shape index (κ3) is 4.23. The van der Waals surface area contributed by atoms with Gasteiger partial charge in [0.2, 0.25) is 0 Å². The summed E-state index contributed by atoms with van der Waals surface area (Å²) in [4.78, 5) is 2.32. The van der Waals surface area contributed by atoms with Gasteiger partial charge in [0, 0.05) is 38.3 Å². The summed E-state index contributed by atoms with van der Waals surface area (Å²) in [6, 6.07) is 4.23. The lowest BCUT2D eigenvalue weighted by Gasteiger charge is -2.33. The molecular formula is C14H21F2N3. The third-order valence-electron chi connectivity index (χ3n) is 3.61. The molecule has 1 aromatic carbocycles. The van der Waals surface area contributed by atoms with Crippen LogP contribution in [0, 0.1) is 11.6 Å². The molecule has 0 amide bonds. The van der Waals surface area contributed by atoms with Gasteiger partial charge in [-0.1, -0.05) is 6.07 Å². The summed E-state index contributed by atoms with van der Waals surface area (Å²) in [5, 5.41) is 6.69. The lowest BCUT2D eigenvalue weighted by Crippen LogP contribution is -2.53. The van der Waals surface area contributed by atoms with Crippen LogP contribution >= 0.6 is 0 Å². The first-order valence-electron chi connectivity index (χ1n) is 6.72. The fourth-order valence-electron chi connectivity index (χ4n) is 2.31. The van der Waals surface area contributed by atoms with Gasteiger partial charge in [0.15, 0.2) is 0 Å². The number of benzene rings is 1. The largest absolute Gasteiger partial charge is 0.315 e. The van der Waals surface area contributed by atoms with Gasteiger partial charge in [-0.3, -0.25) is 4.90 Å². The highest BCUT2D eigenvalue weighted by atomic mass is 19.1. The van der Waals surface area contributed by atoms with Crippen molar-refractivity contribution in [1.82, 2.24) is 15.5 Å². The topological polar surface area (TPSA) is 27.3 Å². The third-order valence-corrected chi connectivity index (χ3v) is 3.61. The van der Waals surface area contributed by atoms with E-state index in [1.807, 2.05) is 0 Å². The lowest BCUT2D eigenvalue weighted by atomic mass is 10.1. The molecule has 0 aliphatic carbocycles. The normalized spacial score (nSPS) is 20.7. The average molecular weight is 269 g/mol.